The van der Waals surface area contributed by atoms with Gasteiger partial charge in [0.25, 0.3) is 0 Å². The summed E-state index contributed by atoms with van der Waals surface area (Å²) in [5, 5.41) is 0. The van der Waals surface area contributed by atoms with Crippen LogP contribution in [-0.2, 0) is 20.9 Å². The van der Waals surface area contributed by atoms with Gasteiger partial charge in [-0.25, -0.2) is 4.79 Å². The first-order valence-corrected chi connectivity index (χ1v) is 8.15. The van der Waals surface area contributed by atoms with Gasteiger partial charge in [0, 0.05) is 5.57 Å². The average Bonchev–Trinajstić information content (AvgIpc) is 2.67. The Balaban J connectivity index is 2.20. The molecule has 2 aromatic carbocycles. The van der Waals surface area contributed by atoms with Crippen molar-refractivity contribution < 1.29 is 19.0 Å². The van der Waals surface area contributed by atoms with Crippen molar-refractivity contribution >= 4 is 11.5 Å². The van der Waals surface area contributed by atoms with E-state index in [0.717, 1.165) is 22.4 Å². The quantitative estimate of drug-likeness (QED) is 0.558. The van der Waals surface area contributed by atoms with Crippen molar-refractivity contribution in [1.82, 2.24) is 0 Å². The lowest BCUT2D eigenvalue weighted by Gasteiger charge is -2.20. The number of benzene rings is 2. The van der Waals surface area contributed by atoms with Gasteiger partial charge in [-0.15, -0.1) is 0 Å². The third-order valence-electron chi connectivity index (χ3n) is 4.05. The van der Waals surface area contributed by atoms with Gasteiger partial charge in [0.15, 0.2) is 0 Å². The van der Waals surface area contributed by atoms with Crippen LogP contribution in [0, 0.1) is 0 Å². The van der Waals surface area contributed by atoms with E-state index in [4.69, 9.17) is 14.2 Å². The van der Waals surface area contributed by atoms with Gasteiger partial charge in [0.05, 0.1) is 26.9 Å². The molecule has 0 saturated carbocycles. The smallest absolute Gasteiger partial charge is 0.333 e. The first-order chi connectivity index (χ1) is 12.1. The van der Waals surface area contributed by atoms with Crippen LogP contribution in [0.1, 0.15) is 25.0 Å². The summed E-state index contributed by atoms with van der Waals surface area (Å²) in [6, 6.07) is 17.5. The summed E-state index contributed by atoms with van der Waals surface area (Å²) in [7, 11) is 3.03. The first kappa shape index (κ1) is 18.7. The molecule has 0 bridgehead atoms. The van der Waals surface area contributed by atoms with Gasteiger partial charge >= 0.3 is 5.97 Å². The van der Waals surface area contributed by atoms with E-state index in [9.17, 15) is 4.79 Å². The molecule has 0 heterocycles. The van der Waals surface area contributed by atoms with E-state index >= 15 is 0 Å². The lowest BCUT2D eigenvalue weighted by molar-refractivity contribution is -0.136. The predicted molar refractivity (Wildman–Crippen MR) is 98.3 cm³/mol. The summed E-state index contributed by atoms with van der Waals surface area (Å²) in [5.41, 5.74) is 3.38. The standard InChI is InChI=1S/C21H24O4/c1-15(21(22)24-4)20(18-8-6-5-7-9-18)16(2)25-14-17-10-12-19(23-3)13-11-17/h5-13,16H,14H2,1-4H3/b20-15+. The third kappa shape index (κ3) is 4.94. The normalized spacial score (nSPS) is 13.0. The van der Waals surface area contributed by atoms with E-state index in [1.54, 1.807) is 14.0 Å². The van der Waals surface area contributed by atoms with E-state index in [2.05, 4.69) is 0 Å². The highest BCUT2D eigenvalue weighted by Crippen LogP contribution is 2.26. The SMILES string of the molecule is COC(=O)/C(C)=C(/c1ccccc1)C(C)OCc1ccc(OC)cc1. The molecule has 0 N–H and O–H groups in total. The van der Waals surface area contributed by atoms with E-state index < -0.39 is 0 Å². The zero-order valence-electron chi connectivity index (χ0n) is 15.1. The van der Waals surface area contributed by atoms with Gasteiger partial charge in [-0.3, -0.25) is 0 Å². The lowest BCUT2D eigenvalue weighted by Crippen LogP contribution is -2.16. The lowest BCUT2D eigenvalue weighted by atomic mass is 9.96. The highest BCUT2D eigenvalue weighted by atomic mass is 16.5. The Morgan fingerprint density at radius 1 is 1.00 bits per heavy atom. The summed E-state index contributed by atoms with van der Waals surface area (Å²) in [6.45, 7) is 4.15. The summed E-state index contributed by atoms with van der Waals surface area (Å²) in [5.74, 6) is 0.460. The maximum absolute atomic E-state index is 12.0. The monoisotopic (exact) mass is 340 g/mol. The molecule has 0 fully saturated rings. The molecule has 0 aliphatic carbocycles. The van der Waals surface area contributed by atoms with Crippen LogP contribution in [-0.4, -0.2) is 26.3 Å². The molecule has 2 rings (SSSR count). The zero-order valence-corrected chi connectivity index (χ0v) is 15.1. The van der Waals surface area contributed by atoms with Crippen LogP contribution >= 0.6 is 0 Å². The summed E-state index contributed by atoms with van der Waals surface area (Å²) >= 11 is 0. The Kier molecular flexibility index (Phi) is 6.78. The maximum Gasteiger partial charge on any atom is 0.333 e. The first-order valence-electron chi connectivity index (χ1n) is 8.15. The third-order valence-corrected chi connectivity index (χ3v) is 4.05. The molecule has 0 amide bonds. The minimum absolute atomic E-state index is 0.261. The topological polar surface area (TPSA) is 44.8 Å². The number of methoxy groups -OCH3 is 2. The van der Waals surface area contributed by atoms with Crippen molar-refractivity contribution in [1.29, 1.82) is 0 Å². The van der Waals surface area contributed by atoms with Crippen molar-refractivity contribution in [2.75, 3.05) is 14.2 Å². The Hall–Kier alpha value is -2.59. The van der Waals surface area contributed by atoms with E-state index in [1.165, 1.54) is 7.11 Å². The fourth-order valence-electron chi connectivity index (χ4n) is 2.66. The molecular formula is C21H24O4. The minimum atomic E-state index is -0.348. The molecule has 0 aromatic heterocycles. The Bertz CT molecular complexity index is 717. The molecule has 0 aliphatic heterocycles. The molecule has 4 heteroatoms. The summed E-state index contributed by atoms with van der Waals surface area (Å²) in [4.78, 5) is 12.0. The highest BCUT2D eigenvalue weighted by molar-refractivity contribution is 5.97. The molecule has 4 nitrogen and oxygen atoms in total. The second kappa shape index (κ2) is 9.04. The number of ether oxygens (including phenoxy) is 3. The fraction of sp³-hybridized carbons (Fsp3) is 0.286. The molecular weight excluding hydrogens is 316 g/mol. The van der Waals surface area contributed by atoms with Crippen LogP contribution < -0.4 is 4.74 Å². The van der Waals surface area contributed by atoms with Gasteiger partial charge in [0.1, 0.15) is 5.75 Å². The van der Waals surface area contributed by atoms with Crippen LogP contribution in [0.3, 0.4) is 0 Å². The Morgan fingerprint density at radius 3 is 2.20 bits per heavy atom. The molecule has 0 saturated heterocycles. The number of carbonyl (C=O) groups is 1. The second-order valence-electron chi connectivity index (χ2n) is 5.70. The van der Waals surface area contributed by atoms with E-state index in [1.807, 2.05) is 61.5 Å². The largest absolute Gasteiger partial charge is 0.497 e. The molecule has 1 unspecified atom stereocenters. The van der Waals surface area contributed by atoms with Gasteiger partial charge < -0.3 is 14.2 Å². The van der Waals surface area contributed by atoms with Crippen molar-refractivity contribution in [3.8, 4) is 5.75 Å². The van der Waals surface area contributed by atoms with Gasteiger partial charge in [-0.1, -0.05) is 42.5 Å². The molecule has 132 valence electrons. The second-order valence-corrected chi connectivity index (χ2v) is 5.70. The van der Waals surface area contributed by atoms with Crippen molar-refractivity contribution in [3.63, 3.8) is 0 Å². The van der Waals surface area contributed by atoms with Crippen LogP contribution in [0.25, 0.3) is 5.57 Å². The van der Waals surface area contributed by atoms with Gasteiger partial charge in [0.2, 0.25) is 0 Å². The van der Waals surface area contributed by atoms with Crippen LogP contribution in [0.4, 0.5) is 0 Å². The fourth-order valence-corrected chi connectivity index (χ4v) is 2.66. The van der Waals surface area contributed by atoms with Gasteiger partial charge in [-0.05, 0) is 42.7 Å². The molecule has 0 spiro atoms. The number of hydrogen-bond acceptors (Lipinski definition) is 4. The zero-order chi connectivity index (χ0) is 18.2. The Morgan fingerprint density at radius 2 is 1.64 bits per heavy atom. The van der Waals surface area contributed by atoms with E-state index in [-0.39, 0.29) is 12.1 Å². The van der Waals surface area contributed by atoms with Crippen molar-refractivity contribution in [2.24, 2.45) is 0 Å². The average molecular weight is 340 g/mol. The summed E-state index contributed by atoms with van der Waals surface area (Å²) in [6.07, 6.45) is -0.261. The van der Waals surface area contributed by atoms with Crippen LogP contribution in [0.15, 0.2) is 60.2 Å². The van der Waals surface area contributed by atoms with Crippen molar-refractivity contribution in [3.05, 3.63) is 71.3 Å². The minimum Gasteiger partial charge on any atom is -0.497 e. The van der Waals surface area contributed by atoms with Crippen LogP contribution in [0.2, 0.25) is 0 Å². The molecule has 0 aliphatic rings. The molecule has 0 radical (unpaired) electrons. The highest BCUT2D eigenvalue weighted by Gasteiger charge is 2.19. The van der Waals surface area contributed by atoms with Crippen LogP contribution in [0.5, 0.6) is 5.75 Å². The number of esters is 1. The molecule has 25 heavy (non-hydrogen) atoms. The number of carbonyl (C=O) groups excluding carboxylic acids is 1. The van der Waals surface area contributed by atoms with E-state index in [0.29, 0.717) is 12.2 Å². The number of hydrogen-bond donors (Lipinski definition) is 0. The predicted octanol–water partition coefficient (Wildman–Crippen LogP) is 4.25. The van der Waals surface area contributed by atoms with Gasteiger partial charge in [-0.2, -0.15) is 0 Å². The summed E-state index contributed by atoms with van der Waals surface area (Å²) < 4.78 is 16.1. The molecule has 2 aromatic rings. The van der Waals surface area contributed by atoms with Crippen molar-refractivity contribution in [2.45, 2.75) is 26.6 Å². The Labute approximate surface area is 149 Å². The number of rotatable bonds is 7. The maximum atomic E-state index is 12.0. The molecule has 1 atom stereocenters.